The van der Waals surface area contributed by atoms with E-state index in [1.165, 1.54) is 40.8 Å². The first-order valence-electron chi connectivity index (χ1n) is 11.3. The molecule has 3 aromatic rings. The van der Waals surface area contributed by atoms with Crippen LogP contribution in [0.2, 0.25) is 5.02 Å². The second-order valence-corrected chi connectivity index (χ2v) is 9.35. The fraction of sp³-hybridized carbons (Fsp3) is 0.385. The predicted molar refractivity (Wildman–Crippen MR) is 127 cm³/mol. The summed E-state index contributed by atoms with van der Waals surface area (Å²) in [5.41, 5.74) is 7.65. The van der Waals surface area contributed by atoms with Crippen molar-refractivity contribution in [2.45, 2.75) is 38.0 Å². The maximum absolute atomic E-state index is 6.45. The summed E-state index contributed by atoms with van der Waals surface area (Å²) >= 11 is 6.45. The molecule has 0 radical (unpaired) electrons. The number of nitrogens with one attached hydrogen (secondary N) is 1. The van der Waals surface area contributed by atoms with Gasteiger partial charge in [0.25, 0.3) is 0 Å². The fourth-order valence-corrected chi connectivity index (χ4v) is 5.42. The minimum atomic E-state index is 0.317. The second kappa shape index (κ2) is 8.97. The van der Waals surface area contributed by atoms with Crippen molar-refractivity contribution in [3.8, 4) is 0 Å². The normalized spacial score (nSPS) is 19.4. The number of H-pyrrole nitrogens is 1. The summed E-state index contributed by atoms with van der Waals surface area (Å²) < 4.78 is 0. The predicted octanol–water partition coefficient (Wildman–Crippen LogP) is 5.81. The number of hydrogen-bond donors (Lipinski definition) is 1. The highest BCUT2D eigenvalue weighted by molar-refractivity contribution is 6.30. The van der Waals surface area contributed by atoms with E-state index in [9.17, 15) is 0 Å². The molecule has 1 aromatic carbocycles. The van der Waals surface area contributed by atoms with Crippen LogP contribution in [-0.4, -0.2) is 40.0 Å². The highest BCUT2D eigenvalue weighted by Crippen LogP contribution is 2.45. The highest BCUT2D eigenvalue weighted by Gasteiger charge is 2.33. The van der Waals surface area contributed by atoms with Crippen molar-refractivity contribution >= 4 is 23.3 Å². The molecular formula is C26H29ClN4. The molecule has 1 atom stereocenters. The zero-order valence-corrected chi connectivity index (χ0v) is 18.8. The van der Waals surface area contributed by atoms with E-state index < -0.39 is 0 Å². The number of allylic oxidation sites excluding steroid dienone is 1. The molecule has 0 amide bonds. The van der Waals surface area contributed by atoms with Crippen LogP contribution in [0.1, 0.15) is 59.7 Å². The number of aromatic nitrogens is 3. The summed E-state index contributed by atoms with van der Waals surface area (Å²) in [6.07, 6.45) is 13.5. The molecule has 1 aliphatic carbocycles. The van der Waals surface area contributed by atoms with Crippen LogP contribution in [0.5, 0.6) is 0 Å². The monoisotopic (exact) mass is 432 g/mol. The van der Waals surface area contributed by atoms with Crippen LogP contribution in [-0.2, 0) is 6.42 Å². The Hall–Kier alpha value is -2.43. The van der Waals surface area contributed by atoms with E-state index in [4.69, 9.17) is 16.6 Å². The van der Waals surface area contributed by atoms with E-state index in [0.717, 1.165) is 43.1 Å². The maximum Gasteiger partial charge on any atom is 0.0923 e. The van der Waals surface area contributed by atoms with E-state index in [-0.39, 0.29) is 0 Å². The smallest absolute Gasteiger partial charge is 0.0923 e. The molecule has 0 saturated carbocycles. The van der Waals surface area contributed by atoms with E-state index in [2.05, 4.69) is 52.3 Å². The molecule has 1 fully saturated rings. The van der Waals surface area contributed by atoms with Crippen LogP contribution in [0, 0.1) is 5.92 Å². The standard InChI is InChI=1S/C26H29ClN4/c1-31-12-9-18(10-13-31)25-23-8-7-21(27)15-20(23)14-19(24-6-3-11-29-26(24)25)4-2-5-22-16-28-17-30-22/h3,6-8,11,14-18,25H,2,4-5,9-10,12-13H2,1H3,(H,28,30). The fourth-order valence-electron chi connectivity index (χ4n) is 5.24. The Morgan fingerprint density at radius 3 is 2.81 bits per heavy atom. The molecule has 160 valence electrons. The van der Waals surface area contributed by atoms with Gasteiger partial charge in [-0.05, 0) is 98.6 Å². The Morgan fingerprint density at radius 1 is 1.13 bits per heavy atom. The summed E-state index contributed by atoms with van der Waals surface area (Å²) in [5.74, 6) is 0.916. The summed E-state index contributed by atoms with van der Waals surface area (Å²) in [7, 11) is 2.22. The van der Waals surface area contributed by atoms with Crippen LogP contribution < -0.4 is 0 Å². The van der Waals surface area contributed by atoms with E-state index in [1.54, 1.807) is 6.33 Å². The van der Waals surface area contributed by atoms with Crippen molar-refractivity contribution in [2.75, 3.05) is 20.1 Å². The van der Waals surface area contributed by atoms with Gasteiger partial charge in [0.05, 0.1) is 17.7 Å². The van der Waals surface area contributed by atoms with Gasteiger partial charge in [-0.3, -0.25) is 4.98 Å². The van der Waals surface area contributed by atoms with Crippen molar-refractivity contribution in [2.24, 2.45) is 5.92 Å². The first kappa shape index (κ1) is 20.5. The summed E-state index contributed by atoms with van der Waals surface area (Å²) in [4.78, 5) is 14.9. The van der Waals surface area contributed by atoms with E-state index in [0.29, 0.717) is 11.8 Å². The first-order valence-corrected chi connectivity index (χ1v) is 11.7. The highest BCUT2D eigenvalue weighted by atomic mass is 35.5. The number of imidazole rings is 1. The molecule has 2 aliphatic rings. The van der Waals surface area contributed by atoms with E-state index in [1.807, 2.05) is 18.5 Å². The Labute approximate surface area is 189 Å². The number of aromatic amines is 1. The van der Waals surface area contributed by atoms with Crippen LogP contribution >= 0.6 is 11.6 Å². The third-order valence-corrected chi connectivity index (χ3v) is 7.10. The largest absolute Gasteiger partial charge is 0.351 e. The van der Waals surface area contributed by atoms with Gasteiger partial charge in [0.1, 0.15) is 0 Å². The number of piperidine rings is 1. The lowest BCUT2D eigenvalue weighted by molar-refractivity contribution is 0.206. The quantitative estimate of drug-likeness (QED) is 0.553. The Bertz CT molecular complexity index is 1060. The summed E-state index contributed by atoms with van der Waals surface area (Å²) in [5, 5.41) is 0.798. The van der Waals surface area contributed by atoms with Crippen molar-refractivity contribution in [3.05, 3.63) is 82.2 Å². The zero-order chi connectivity index (χ0) is 21.2. The van der Waals surface area contributed by atoms with Gasteiger partial charge >= 0.3 is 0 Å². The number of nitrogens with zero attached hydrogens (tertiary/aromatic N) is 3. The Kier molecular flexibility index (Phi) is 5.93. The molecule has 1 unspecified atom stereocenters. The van der Waals surface area contributed by atoms with Gasteiger partial charge in [-0.2, -0.15) is 0 Å². The second-order valence-electron chi connectivity index (χ2n) is 8.91. The number of likely N-dealkylation sites (tertiary alicyclic amines) is 1. The lowest BCUT2D eigenvalue weighted by Crippen LogP contribution is -2.33. The number of pyridine rings is 1. The third-order valence-electron chi connectivity index (χ3n) is 6.86. The summed E-state index contributed by atoms with van der Waals surface area (Å²) in [6.45, 7) is 2.30. The molecule has 31 heavy (non-hydrogen) atoms. The average Bonchev–Trinajstić information content (AvgIpc) is 3.25. The van der Waals surface area contributed by atoms with Crippen LogP contribution in [0.4, 0.5) is 0 Å². The molecule has 1 N–H and O–H groups in total. The van der Waals surface area contributed by atoms with Gasteiger partial charge in [0, 0.05) is 23.3 Å². The molecule has 5 rings (SSSR count). The van der Waals surface area contributed by atoms with Gasteiger partial charge in [0.2, 0.25) is 0 Å². The van der Waals surface area contributed by atoms with Gasteiger partial charge in [-0.1, -0.05) is 29.8 Å². The molecule has 1 aliphatic heterocycles. The number of rotatable bonds is 5. The minimum Gasteiger partial charge on any atom is -0.351 e. The molecular weight excluding hydrogens is 404 g/mol. The average molecular weight is 433 g/mol. The number of hydrogen-bond acceptors (Lipinski definition) is 3. The molecule has 5 heteroatoms. The summed E-state index contributed by atoms with van der Waals surface area (Å²) in [6, 6.07) is 10.8. The van der Waals surface area contributed by atoms with Gasteiger partial charge in [0.15, 0.2) is 0 Å². The minimum absolute atomic E-state index is 0.317. The Balaban J connectivity index is 1.54. The van der Waals surface area contributed by atoms with Crippen molar-refractivity contribution in [1.82, 2.24) is 19.9 Å². The van der Waals surface area contributed by atoms with Crippen LogP contribution in [0.3, 0.4) is 0 Å². The first-order chi connectivity index (χ1) is 15.2. The van der Waals surface area contributed by atoms with E-state index >= 15 is 0 Å². The number of aryl methyl sites for hydroxylation is 1. The molecule has 3 heterocycles. The lowest BCUT2D eigenvalue weighted by atomic mass is 9.76. The van der Waals surface area contributed by atoms with Crippen LogP contribution in [0.25, 0.3) is 11.6 Å². The van der Waals surface area contributed by atoms with Crippen molar-refractivity contribution in [1.29, 1.82) is 0 Å². The number of fused-ring (bicyclic) bond motifs is 2. The molecule has 0 bridgehead atoms. The Morgan fingerprint density at radius 2 is 2.00 bits per heavy atom. The van der Waals surface area contributed by atoms with Gasteiger partial charge in [-0.15, -0.1) is 0 Å². The number of halogens is 1. The van der Waals surface area contributed by atoms with Crippen molar-refractivity contribution < 1.29 is 0 Å². The van der Waals surface area contributed by atoms with Crippen molar-refractivity contribution in [3.63, 3.8) is 0 Å². The molecule has 4 nitrogen and oxygen atoms in total. The SMILES string of the molecule is CN1CCC(C2c3ccc(Cl)cc3C=C(CCCc3c[nH]cn3)c3cccnc32)CC1. The van der Waals surface area contributed by atoms with Crippen LogP contribution in [0.15, 0.2) is 49.1 Å². The molecule has 0 spiro atoms. The van der Waals surface area contributed by atoms with Gasteiger partial charge < -0.3 is 9.88 Å². The maximum atomic E-state index is 6.45. The lowest BCUT2D eigenvalue weighted by Gasteiger charge is -2.35. The third kappa shape index (κ3) is 4.32. The molecule has 2 aromatic heterocycles. The topological polar surface area (TPSA) is 44.8 Å². The van der Waals surface area contributed by atoms with Gasteiger partial charge in [-0.25, -0.2) is 4.98 Å². The number of benzene rings is 1. The zero-order valence-electron chi connectivity index (χ0n) is 18.0. The molecule has 1 saturated heterocycles.